The highest BCUT2D eigenvalue weighted by atomic mass is 28.4. The largest absolute Gasteiger partial charge is 0.413 e. The number of hydrogen-bond donors (Lipinski definition) is 0. The topological polar surface area (TPSA) is 26.3 Å². The number of hydrogen-bond acceptors (Lipinski definition) is 2. The molecule has 3 fully saturated rings. The second-order valence-electron chi connectivity index (χ2n) is 12.5. The maximum Gasteiger partial charge on any atom is 0.192 e. The fraction of sp³-hybridized carbons (Fsp3) is 0.880. The molecule has 3 heteroatoms. The smallest absolute Gasteiger partial charge is 0.192 e. The third-order valence-electron chi connectivity index (χ3n) is 10.1. The molecule has 0 spiro atoms. The second kappa shape index (κ2) is 6.54. The third-order valence-corrected chi connectivity index (χ3v) is 14.6. The maximum atomic E-state index is 12.0. The van der Waals surface area contributed by atoms with Crippen molar-refractivity contribution in [3.05, 3.63) is 11.6 Å². The molecule has 0 aromatic carbocycles. The lowest BCUT2D eigenvalue weighted by Crippen LogP contribution is -2.53. The lowest BCUT2D eigenvalue weighted by molar-refractivity contribution is -0.117. The van der Waals surface area contributed by atoms with E-state index in [0.717, 1.165) is 37.0 Å². The number of carbonyl (C=O) groups is 1. The Bertz CT molecular complexity index is 687. The Hall–Kier alpha value is -0.413. The zero-order chi connectivity index (χ0) is 20.5. The summed E-state index contributed by atoms with van der Waals surface area (Å²) in [6.07, 6.45) is 12.1. The van der Waals surface area contributed by atoms with Gasteiger partial charge >= 0.3 is 0 Å². The molecule has 28 heavy (non-hydrogen) atoms. The average Bonchev–Trinajstić information content (AvgIpc) is 2.91. The first-order chi connectivity index (χ1) is 12.9. The molecular weight excluding hydrogens is 360 g/mol. The zero-order valence-corrected chi connectivity index (χ0v) is 20.4. The van der Waals surface area contributed by atoms with Gasteiger partial charge in [-0.05, 0) is 97.7 Å². The van der Waals surface area contributed by atoms with Gasteiger partial charge in [-0.25, -0.2) is 0 Å². The summed E-state index contributed by atoms with van der Waals surface area (Å²) in [4.78, 5) is 12.0. The summed E-state index contributed by atoms with van der Waals surface area (Å²) in [5, 5.41) is 0.283. The predicted octanol–water partition coefficient (Wildman–Crippen LogP) is 6.91. The summed E-state index contributed by atoms with van der Waals surface area (Å²) in [7, 11) is -1.73. The van der Waals surface area contributed by atoms with Crippen LogP contribution in [0.25, 0.3) is 0 Å². The second-order valence-corrected chi connectivity index (χ2v) is 17.2. The number of carbonyl (C=O) groups excluding carboxylic acids is 1. The van der Waals surface area contributed by atoms with Gasteiger partial charge in [0, 0.05) is 6.42 Å². The van der Waals surface area contributed by atoms with E-state index in [2.05, 4.69) is 47.7 Å². The number of allylic oxidation sites excluding steroid dienone is 1. The highest BCUT2D eigenvalue weighted by molar-refractivity contribution is 6.74. The van der Waals surface area contributed by atoms with E-state index in [0.29, 0.717) is 17.3 Å². The molecular formula is C25H42O2Si. The maximum absolute atomic E-state index is 12.0. The minimum atomic E-state index is -1.73. The van der Waals surface area contributed by atoms with Crippen LogP contribution >= 0.6 is 0 Å². The Morgan fingerprint density at radius 1 is 1.00 bits per heavy atom. The molecule has 0 amide bonds. The number of fused-ring (bicyclic) bond motifs is 5. The minimum Gasteiger partial charge on any atom is -0.413 e. The zero-order valence-electron chi connectivity index (χ0n) is 19.4. The van der Waals surface area contributed by atoms with E-state index >= 15 is 0 Å². The van der Waals surface area contributed by atoms with Crippen molar-refractivity contribution in [2.24, 2.45) is 28.6 Å². The highest BCUT2D eigenvalue weighted by Gasteiger charge is 2.60. The van der Waals surface area contributed by atoms with Gasteiger partial charge in [0.15, 0.2) is 14.1 Å². The van der Waals surface area contributed by atoms with Crippen molar-refractivity contribution < 1.29 is 9.22 Å². The molecule has 3 saturated carbocycles. The molecule has 158 valence electrons. The number of rotatable bonds is 2. The molecule has 0 heterocycles. The Balaban J connectivity index is 1.57. The Labute approximate surface area is 174 Å². The molecule has 4 aliphatic carbocycles. The van der Waals surface area contributed by atoms with Gasteiger partial charge in [0.25, 0.3) is 0 Å². The summed E-state index contributed by atoms with van der Waals surface area (Å²) in [5.74, 6) is 2.81. The lowest BCUT2D eigenvalue weighted by atomic mass is 9.47. The van der Waals surface area contributed by atoms with Crippen LogP contribution in [0.3, 0.4) is 0 Å². The predicted molar refractivity (Wildman–Crippen MR) is 119 cm³/mol. The SMILES string of the molecule is CC(C)(C)[Si](C)(C)OC1CC[C@H]2[C@@H]3CCC4=CC(=O)CC[C@]4(C)[C@H]3CC[C@]12C. The van der Waals surface area contributed by atoms with Gasteiger partial charge < -0.3 is 4.43 Å². The summed E-state index contributed by atoms with van der Waals surface area (Å²) >= 11 is 0. The molecule has 4 rings (SSSR count). The van der Waals surface area contributed by atoms with Crippen LogP contribution in [0.2, 0.25) is 18.1 Å². The Kier molecular flexibility index (Phi) is 4.87. The third kappa shape index (κ3) is 3.02. The molecule has 1 unspecified atom stereocenters. The molecule has 0 aliphatic heterocycles. The summed E-state index contributed by atoms with van der Waals surface area (Å²) in [6.45, 7) is 17.0. The van der Waals surface area contributed by atoms with Gasteiger partial charge in [-0.1, -0.05) is 40.2 Å². The molecule has 0 saturated heterocycles. The van der Waals surface area contributed by atoms with E-state index in [-0.39, 0.29) is 10.5 Å². The standard InChI is InChI=1S/C25H42O2Si/c1-23(2,3)28(6,7)27-22-11-10-20-19-9-8-17-16-18(26)12-14-24(17,4)21(19)13-15-25(20,22)5/h16,19-22H,8-15H2,1-7H3/t19-,20-,21-,22?,24-,25-/m0/s1. The summed E-state index contributed by atoms with van der Waals surface area (Å²) in [6, 6.07) is 0. The van der Waals surface area contributed by atoms with E-state index in [1.165, 1.54) is 37.7 Å². The van der Waals surface area contributed by atoms with E-state index in [1.54, 1.807) is 0 Å². The van der Waals surface area contributed by atoms with Crippen LogP contribution < -0.4 is 0 Å². The van der Waals surface area contributed by atoms with E-state index < -0.39 is 8.32 Å². The quantitative estimate of drug-likeness (QED) is 0.469. The van der Waals surface area contributed by atoms with Crippen LogP contribution in [-0.2, 0) is 9.22 Å². The molecule has 0 radical (unpaired) electrons. The normalized spacial score (nSPS) is 43.8. The van der Waals surface area contributed by atoms with Crippen molar-refractivity contribution in [1.29, 1.82) is 0 Å². The van der Waals surface area contributed by atoms with Crippen LogP contribution in [0.15, 0.2) is 11.6 Å². The van der Waals surface area contributed by atoms with Crippen LogP contribution in [0.1, 0.15) is 86.0 Å². The van der Waals surface area contributed by atoms with E-state index in [4.69, 9.17) is 4.43 Å². The van der Waals surface area contributed by atoms with Crippen molar-refractivity contribution in [2.45, 2.75) is 110 Å². The van der Waals surface area contributed by atoms with Gasteiger partial charge in [0.1, 0.15) is 0 Å². The summed E-state index contributed by atoms with van der Waals surface area (Å²) < 4.78 is 7.04. The van der Waals surface area contributed by atoms with Crippen molar-refractivity contribution in [1.82, 2.24) is 0 Å². The molecule has 4 aliphatic rings. The van der Waals surface area contributed by atoms with Gasteiger partial charge in [-0.3, -0.25) is 4.79 Å². The van der Waals surface area contributed by atoms with Crippen molar-refractivity contribution in [3.63, 3.8) is 0 Å². The molecule has 0 aromatic heterocycles. The minimum absolute atomic E-state index is 0.283. The van der Waals surface area contributed by atoms with E-state index in [9.17, 15) is 4.79 Å². The van der Waals surface area contributed by atoms with Crippen LogP contribution in [0.4, 0.5) is 0 Å². The van der Waals surface area contributed by atoms with Gasteiger partial charge in [0.05, 0.1) is 6.10 Å². The fourth-order valence-corrected chi connectivity index (χ4v) is 8.69. The first-order valence-electron chi connectivity index (χ1n) is 11.8. The molecule has 0 N–H and O–H groups in total. The van der Waals surface area contributed by atoms with Crippen molar-refractivity contribution in [3.8, 4) is 0 Å². The Morgan fingerprint density at radius 2 is 1.71 bits per heavy atom. The fourth-order valence-electron chi connectivity index (χ4n) is 7.24. The first kappa shape index (κ1) is 20.8. The molecule has 0 bridgehead atoms. The van der Waals surface area contributed by atoms with Gasteiger partial charge in [-0.15, -0.1) is 0 Å². The number of ketones is 1. The van der Waals surface area contributed by atoms with Crippen molar-refractivity contribution >= 4 is 14.1 Å². The first-order valence-corrected chi connectivity index (χ1v) is 14.7. The average molecular weight is 403 g/mol. The van der Waals surface area contributed by atoms with E-state index in [1.807, 2.05) is 6.08 Å². The molecule has 6 atom stereocenters. The van der Waals surface area contributed by atoms with Crippen molar-refractivity contribution in [2.75, 3.05) is 0 Å². The highest BCUT2D eigenvalue weighted by Crippen LogP contribution is 2.66. The van der Waals surface area contributed by atoms with Gasteiger partial charge in [-0.2, -0.15) is 0 Å². The van der Waals surface area contributed by atoms with Crippen LogP contribution in [0, 0.1) is 28.6 Å². The van der Waals surface area contributed by atoms with Gasteiger partial charge in [0.2, 0.25) is 0 Å². The van der Waals surface area contributed by atoms with Crippen LogP contribution in [0.5, 0.6) is 0 Å². The lowest BCUT2D eigenvalue weighted by Gasteiger charge is -2.58. The molecule has 2 nitrogen and oxygen atoms in total. The molecule has 0 aromatic rings. The Morgan fingerprint density at radius 3 is 2.39 bits per heavy atom. The monoisotopic (exact) mass is 402 g/mol. The van der Waals surface area contributed by atoms with Crippen LogP contribution in [-0.4, -0.2) is 20.2 Å². The summed E-state index contributed by atoms with van der Waals surface area (Å²) in [5.41, 5.74) is 2.13.